The highest BCUT2D eigenvalue weighted by Gasteiger charge is 2.73. The molecule has 5 aliphatic rings. The predicted octanol–water partition coefficient (Wildman–Crippen LogP) is 2.37. The maximum Gasteiger partial charge on any atom is 0.287 e. The molecule has 2 aromatic rings. The van der Waals surface area contributed by atoms with E-state index in [9.17, 15) is 4.79 Å². The Labute approximate surface area is 143 Å². The standard InChI is InChI=1S/C20H14O5/c21-17-10-7-14-15(22-14)8-11(10)20(19-18(17)23-19)24-12-5-1-3-9-4-2-6-13(25-20)16(9)12/h1-7,11,14-15,18-19H,8H2. The molecule has 3 aliphatic heterocycles. The van der Waals surface area contributed by atoms with E-state index in [4.69, 9.17) is 18.9 Å². The van der Waals surface area contributed by atoms with E-state index in [0.29, 0.717) is 0 Å². The first kappa shape index (κ1) is 12.9. The van der Waals surface area contributed by atoms with Gasteiger partial charge in [0.1, 0.15) is 17.6 Å². The molecule has 1 spiro atoms. The van der Waals surface area contributed by atoms with Crippen LogP contribution in [0.15, 0.2) is 48.0 Å². The zero-order valence-electron chi connectivity index (χ0n) is 13.2. The van der Waals surface area contributed by atoms with E-state index in [1.54, 1.807) is 0 Å². The normalized spacial score (nSPS) is 38.0. The summed E-state index contributed by atoms with van der Waals surface area (Å²) in [6, 6.07) is 12.0. The molecule has 1 saturated carbocycles. The van der Waals surface area contributed by atoms with Gasteiger partial charge in [-0.05, 0) is 30.0 Å². The van der Waals surface area contributed by atoms with Gasteiger partial charge in [0.05, 0.1) is 17.4 Å². The van der Waals surface area contributed by atoms with Crippen molar-refractivity contribution in [3.63, 3.8) is 0 Å². The molecular formula is C20H14O5. The summed E-state index contributed by atoms with van der Waals surface area (Å²) in [5.41, 5.74) is 0.754. The van der Waals surface area contributed by atoms with E-state index in [2.05, 4.69) is 0 Å². The molecule has 5 atom stereocenters. The Morgan fingerprint density at radius 3 is 2.52 bits per heavy atom. The van der Waals surface area contributed by atoms with Crippen LogP contribution >= 0.6 is 0 Å². The van der Waals surface area contributed by atoms with Gasteiger partial charge >= 0.3 is 0 Å². The molecular weight excluding hydrogens is 320 g/mol. The number of hydrogen-bond donors (Lipinski definition) is 0. The van der Waals surface area contributed by atoms with Crippen LogP contribution in [0, 0.1) is 5.92 Å². The Morgan fingerprint density at radius 1 is 1.00 bits per heavy atom. The molecule has 2 aliphatic carbocycles. The molecule has 2 saturated heterocycles. The summed E-state index contributed by atoms with van der Waals surface area (Å²) in [5, 5.41) is 2.06. The van der Waals surface area contributed by atoms with E-state index in [1.807, 2.05) is 42.5 Å². The topological polar surface area (TPSA) is 60.6 Å². The highest BCUT2D eigenvalue weighted by molar-refractivity contribution is 6.03. The van der Waals surface area contributed by atoms with Crippen LogP contribution in [-0.4, -0.2) is 36.0 Å². The van der Waals surface area contributed by atoms with E-state index in [-0.39, 0.29) is 30.0 Å². The van der Waals surface area contributed by atoms with Crippen molar-refractivity contribution in [1.82, 2.24) is 0 Å². The number of ketones is 1. The minimum Gasteiger partial charge on any atom is -0.448 e. The lowest BCUT2D eigenvalue weighted by Gasteiger charge is -2.45. The number of carbonyl (C=O) groups excluding carboxylic acids is 1. The van der Waals surface area contributed by atoms with Gasteiger partial charge in [0, 0.05) is 5.57 Å². The number of ether oxygens (including phenoxy) is 4. The SMILES string of the molecule is O=C1C2=CC3OC3CC2C2(Oc3cccc4cccc(c34)O2)C2OC12. The predicted molar refractivity (Wildman–Crippen MR) is 86.5 cm³/mol. The van der Waals surface area contributed by atoms with Crippen molar-refractivity contribution in [2.45, 2.75) is 36.6 Å². The van der Waals surface area contributed by atoms with Crippen LogP contribution in [0.25, 0.3) is 10.8 Å². The molecule has 0 aromatic heterocycles. The van der Waals surface area contributed by atoms with Gasteiger partial charge in [0.25, 0.3) is 5.79 Å². The van der Waals surface area contributed by atoms with Crippen LogP contribution in [0.1, 0.15) is 6.42 Å². The van der Waals surface area contributed by atoms with Gasteiger partial charge in [-0.2, -0.15) is 0 Å². The summed E-state index contributed by atoms with van der Waals surface area (Å²) < 4.78 is 24.4. The van der Waals surface area contributed by atoms with Crippen LogP contribution in [0.3, 0.4) is 0 Å². The summed E-state index contributed by atoms with van der Waals surface area (Å²) in [7, 11) is 0. The fourth-order valence-electron chi connectivity index (χ4n) is 4.83. The molecule has 0 bridgehead atoms. The van der Waals surface area contributed by atoms with Crippen molar-refractivity contribution in [2.75, 3.05) is 0 Å². The molecule has 5 nitrogen and oxygen atoms in total. The highest BCUT2D eigenvalue weighted by atomic mass is 16.8. The quantitative estimate of drug-likeness (QED) is 0.692. The molecule has 3 fully saturated rings. The monoisotopic (exact) mass is 334 g/mol. The van der Waals surface area contributed by atoms with Gasteiger partial charge in [-0.1, -0.05) is 24.3 Å². The Bertz CT molecular complexity index is 968. The van der Waals surface area contributed by atoms with Crippen LogP contribution in [-0.2, 0) is 14.3 Å². The minimum absolute atomic E-state index is 0.0684. The molecule has 7 rings (SSSR count). The summed E-state index contributed by atoms with van der Waals surface area (Å²) in [5.74, 6) is 0.501. The van der Waals surface area contributed by atoms with Crippen LogP contribution in [0.4, 0.5) is 0 Å². The number of Topliss-reactive ketones (excluding diaryl/α,β-unsaturated/α-hetero) is 1. The first-order valence-electron chi connectivity index (χ1n) is 8.71. The number of hydrogen-bond acceptors (Lipinski definition) is 5. The third-order valence-corrected chi connectivity index (χ3v) is 6.09. The van der Waals surface area contributed by atoms with Crippen molar-refractivity contribution in [2.24, 2.45) is 5.92 Å². The van der Waals surface area contributed by atoms with E-state index in [1.165, 1.54) is 0 Å². The highest BCUT2D eigenvalue weighted by Crippen LogP contribution is 2.58. The van der Waals surface area contributed by atoms with Crippen molar-refractivity contribution in [3.8, 4) is 11.5 Å². The molecule has 5 unspecified atom stereocenters. The number of carbonyl (C=O) groups is 1. The zero-order chi connectivity index (χ0) is 16.3. The summed E-state index contributed by atoms with van der Waals surface area (Å²) in [4.78, 5) is 12.7. The molecule has 0 radical (unpaired) electrons. The molecule has 124 valence electrons. The second-order valence-corrected chi connectivity index (χ2v) is 7.43. The van der Waals surface area contributed by atoms with E-state index >= 15 is 0 Å². The smallest absolute Gasteiger partial charge is 0.287 e. The van der Waals surface area contributed by atoms with Crippen molar-refractivity contribution < 1.29 is 23.7 Å². The summed E-state index contributed by atoms with van der Waals surface area (Å²) in [6.45, 7) is 0. The molecule has 25 heavy (non-hydrogen) atoms. The Balaban J connectivity index is 1.44. The van der Waals surface area contributed by atoms with Gasteiger partial charge in [0.15, 0.2) is 18.0 Å². The van der Waals surface area contributed by atoms with Crippen molar-refractivity contribution >= 4 is 16.6 Å². The van der Waals surface area contributed by atoms with Gasteiger partial charge < -0.3 is 18.9 Å². The maximum atomic E-state index is 12.7. The van der Waals surface area contributed by atoms with Crippen LogP contribution < -0.4 is 9.47 Å². The third-order valence-electron chi connectivity index (χ3n) is 6.09. The second-order valence-electron chi connectivity index (χ2n) is 7.43. The number of rotatable bonds is 0. The Hall–Kier alpha value is -2.37. The largest absolute Gasteiger partial charge is 0.448 e. The van der Waals surface area contributed by atoms with Gasteiger partial charge in [-0.25, -0.2) is 0 Å². The van der Waals surface area contributed by atoms with Gasteiger partial charge in [-0.3, -0.25) is 4.79 Å². The third kappa shape index (κ3) is 1.46. The molecule has 0 amide bonds. The number of epoxide rings is 2. The number of benzene rings is 2. The minimum atomic E-state index is -0.982. The average Bonchev–Trinajstić information content (AvgIpc) is 3.53. The first-order chi connectivity index (χ1) is 12.2. The lowest BCUT2D eigenvalue weighted by atomic mass is 9.72. The molecule has 5 heteroatoms. The Morgan fingerprint density at radius 2 is 1.76 bits per heavy atom. The van der Waals surface area contributed by atoms with Crippen LogP contribution in [0.2, 0.25) is 0 Å². The Kier molecular flexibility index (Phi) is 2.01. The molecule has 3 heterocycles. The fraction of sp³-hybridized carbons (Fsp3) is 0.350. The second kappa shape index (κ2) is 3.89. The molecule has 0 N–H and O–H groups in total. The first-order valence-corrected chi connectivity index (χ1v) is 8.71. The summed E-state index contributed by atoms with van der Waals surface area (Å²) in [6.07, 6.45) is 2.10. The van der Waals surface area contributed by atoms with E-state index in [0.717, 1.165) is 34.3 Å². The van der Waals surface area contributed by atoms with Crippen LogP contribution in [0.5, 0.6) is 11.5 Å². The fourth-order valence-corrected chi connectivity index (χ4v) is 4.83. The molecule has 2 aromatic carbocycles. The maximum absolute atomic E-state index is 12.7. The van der Waals surface area contributed by atoms with E-state index < -0.39 is 11.9 Å². The number of fused-ring (bicyclic) bond motifs is 5. The zero-order valence-corrected chi connectivity index (χ0v) is 13.2. The van der Waals surface area contributed by atoms with Crippen molar-refractivity contribution in [3.05, 3.63) is 48.0 Å². The lowest BCUT2D eigenvalue weighted by molar-refractivity contribution is -0.173. The summed E-state index contributed by atoms with van der Waals surface area (Å²) >= 11 is 0. The lowest BCUT2D eigenvalue weighted by Crippen LogP contribution is -2.61. The average molecular weight is 334 g/mol. The van der Waals surface area contributed by atoms with Gasteiger partial charge in [0.2, 0.25) is 0 Å². The van der Waals surface area contributed by atoms with Gasteiger partial charge in [-0.15, -0.1) is 0 Å². The van der Waals surface area contributed by atoms with Crippen molar-refractivity contribution in [1.29, 1.82) is 0 Å².